The molecular formula is C11H15ClN2O2. The van der Waals surface area contributed by atoms with Crippen molar-refractivity contribution in [2.75, 3.05) is 20.1 Å². The van der Waals surface area contributed by atoms with Gasteiger partial charge < -0.3 is 15.2 Å². The summed E-state index contributed by atoms with van der Waals surface area (Å²) in [5.74, 6) is 0.590. The molecule has 1 aromatic carbocycles. The lowest BCUT2D eigenvalue weighted by Gasteiger charge is -2.13. The fourth-order valence-electron chi connectivity index (χ4n) is 1.31. The summed E-state index contributed by atoms with van der Waals surface area (Å²) in [6, 6.07) is 7.44. The highest BCUT2D eigenvalue weighted by Gasteiger charge is 2.08. The van der Waals surface area contributed by atoms with Gasteiger partial charge in [0.05, 0.1) is 11.6 Å². The van der Waals surface area contributed by atoms with E-state index in [4.69, 9.17) is 26.8 Å². The van der Waals surface area contributed by atoms with Gasteiger partial charge in [0.1, 0.15) is 5.84 Å². The number of amidine groups is 1. The van der Waals surface area contributed by atoms with E-state index in [2.05, 4.69) is 4.99 Å². The minimum Gasteiger partial charge on any atom is -0.386 e. The number of benzene rings is 1. The van der Waals surface area contributed by atoms with Crippen LogP contribution in [-0.4, -0.2) is 25.9 Å². The molecule has 1 rings (SSSR count). The van der Waals surface area contributed by atoms with E-state index in [0.717, 1.165) is 11.3 Å². The van der Waals surface area contributed by atoms with Crippen molar-refractivity contribution >= 4 is 23.1 Å². The second-order valence-corrected chi connectivity index (χ2v) is 3.40. The van der Waals surface area contributed by atoms with Crippen LogP contribution < -0.4 is 5.73 Å². The summed E-state index contributed by atoms with van der Waals surface area (Å²) in [6.07, 6.45) is -0.396. The van der Waals surface area contributed by atoms with Gasteiger partial charge in [0, 0.05) is 19.8 Å². The molecule has 5 heteroatoms. The van der Waals surface area contributed by atoms with Crippen LogP contribution in [0.1, 0.15) is 11.9 Å². The van der Waals surface area contributed by atoms with Crippen molar-refractivity contribution in [1.29, 1.82) is 0 Å². The van der Waals surface area contributed by atoms with E-state index in [1.807, 2.05) is 24.3 Å². The molecule has 88 valence electrons. The first-order valence-electron chi connectivity index (χ1n) is 4.75. The van der Waals surface area contributed by atoms with E-state index in [0.29, 0.717) is 5.84 Å². The van der Waals surface area contributed by atoms with Crippen LogP contribution in [0.25, 0.3) is 0 Å². The third-order valence-corrected chi connectivity index (χ3v) is 2.25. The highest BCUT2D eigenvalue weighted by atomic mass is 35.5. The first-order chi connectivity index (χ1) is 7.71. The first-order valence-corrected chi connectivity index (χ1v) is 5.29. The second kappa shape index (κ2) is 6.48. The minimum absolute atomic E-state index is 0.211. The van der Waals surface area contributed by atoms with E-state index >= 15 is 0 Å². The van der Waals surface area contributed by atoms with Crippen LogP contribution >= 0.6 is 11.6 Å². The Labute approximate surface area is 100 Å². The Balaban J connectivity index is 2.94. The van der Waals surface area contributed by atoms with E-state index in [-0.39, 0.29) is 5.88 Å². The molecule has 1 aromatic rings. The molecule has 0 aliphatic rings. The lowest BCUT2D eigenvalue weighted by atomic mass is 10.2. The predicted octanol–water partition coefficient (Wildman–Crippen LogP) is 2.21. The van der Waals surface area contributed by atoms with Crippen molar-refractivity contribution in [3.63, 3.8) is 0 Å². The second-order valence-electron chi connectivity index (χ2n) is 3.14. The highest BCUT2D eigenvalue weighted by molar-refractivity contribution is 6.28. The Kier molecular flexibility index (Phi) is 5.25. The van der Waals surface area contributed by atoms with Gasteiger partial charge in [0.2, 0.25) is 0 Å². The van der Waals surface area contributed by atoms with Crippen LogP contribution in [0.2, 0.25) is 0 Å². The van der Waals surface area contributed by atoms with Gasteiger partial charge in [0.25, 0.3) is 0 Å². The lowest BCUT2D eigenvalue weighted by molar-refractivity contribution is -0.105. The zero-order valence-electron chi connectivity index (χ0n) is 9.31. The maximum absolute atomic E-state index is 5.55. The number of rotatable bonds is 5. The minimum atomic E-state index is -0.396. The molecule has 0 spiro atoms. The van der Waals surface area contributed by atoms with Crippen molar-refractivity contribution in [3.05, 3.63) is 29.8 Å². The molecule has 16 heavy (non-hydrogen) atoms. The highest BCUT2D eigenvalue weighted by Crippen LogP contribution is 2.22. The normalized spacial score (nSPS) is 12.1. The van der Waals surface area contributed by atoms with Crippen molar-refractivity contribution < 1.29 is 9.47 Å². The quantitative estimate of drug-likeness (QED) is 0.373. The van der Waals surface area contributed by atoms with Crippen LogP contribution in [0, 0.1) is 0 Å². The molecule has 0 aromatic heterocycles. The summed E-state index contributed by atoms with van der Waals surface area (Å²) in [6.45, 7) is 0. The fraction of sp³-hybridized carbons (Fsp3) is 0.364. The predicted molar refractivity (Wildman–Crippen MR) is 65.2 cm³/mol. The van der Waals surface area contributed by atoms with Crippen LogP contribution in [0.5, 0.6) is 0 Å². The molecule has 0 saturated heterocycles. The van der Waals surface area contributed by atoms with Crippen molar-refractivity contribution in [2.24, 2.45) is 10.7 Å². The van der Waals surface area contributed by atoms with Crippen molar-refractivity contribution in [1.82, 2.24) is 0 Å². The number of nitrogens with zero attached hydrogens (tertiary/aromatic N) is 1. The van der Waals surface area contributed by atoms with Gasteiger partial charge in [-0.3, -0.25) is 0 Å². The van der Waals surface area contributed by atoms with E-state index in [1.54, 1.807) is 14.2 Å². The standard InChI is InChI=1S/C11H15ClN2O2/c1-15-11(16-2)8-4-3-5-9(6-8)14-10(13)7-12/h3-6,11H,7H2,1-2H3,(H2,13,14). The van der Waals surface area contributed by atoms with E-state index < -0.39 is 6.29 Å². The number of hydrogen-bond acceptors (Lipinski definition) is 3. The molecule has 0 unspecified atom stereocenters. The average Bonchev–Trinajstić information content (AvgIpc) is 2.31. The summed E-state index contributed by atoms with van der Waals surface area (Å²) in [5, 5.41) is 0. The smallest absolute Gasteiger partial charge is 0.183 e. The van der Waals surface area contributed by atoms with E-state index in [9.17, 15) is 0 Å². The van der Waals surface area contributed by atoms with Crippen LogP contribution in [-0.2, 0) is 9.47 Å². The molecule has 0 bridgehead atoms. The van der Waals surface area contributed by atoms with Gasteiger partial charge in [-0.25, -0.2) is 4.99 Å². The van der Waals surface area contributed by atoms with Crippen LogP contribution in [0.3, 0.4) is 0 Å². The van der Waals surface area contributed by atoms with Gasteiger partial charge in [-0.2, -0.15) is 0 Å². The van der Waals surface area contributed by atoms with Gasteiger partial charge in [-0.1, -0.05) is 12.1 Å². The molecule has 0 amide bonds. The molecular weight excluding hydrogens is 228 g/mol. The van der Waals surface area contributed by atoms with E-state index in [1.165, 1.54) is 0 Å². The Morgan fingerprint density at radius 3 is 2.69 bits per heavy atom. The maximum Gasteiger partial charge on any atom is 0.183 e. The monoisotopic (exact) mass is 242 g/mol. The molecule has 0 heterocycles. The summed E-state index contributed by atoms with van der Waals surface area (Å²) < 4.78 is 10.3. The number of methoxy groups -OCH3 is 2. The fourth-order valence-corrected chi connectivity index (χ4v) is 1.36. The van der Waals surface area contributed by atoms with Crippen molar-refractivity contribution in [2.45, 2.75) is 6.29 Å². The van der Waals surface area contributed by atoms with Gasteiger partial charge in [0.15, 0.2) is 6.29 Å². The molecule has 0 saturated carbocycles. The molecule has 4 nitrogen and oxygen atoms in total. The summed E-state index contributed by atoms with van der Waals surface area (Å²) in [5.41, 5.74) is 7.17. The largest absolute Gasteiger partial charge is 0.386 e. The maximum atomic E-state index is 5.55. The number of nitrogens with two attached hydrogens (primary N) is 1. The number of halogens is 1. The van der Waals surface area contributed by atoms with Gasteiger partial charge in [-0.05, 0) is 12.1 Å². The molecule has 2 N–H and O–H groups in total. The molecule has 0 aliphatic heterocycles. The van der Waals surface area contributed by atoms with Crippen LogP contribution in [0.15, 0.2) is 29.3 Å². The topological polar surface area (TPSA) is 56.8 Å². The number of alkyl halides is 1. The molecule has 0 radical (unpaired) electrons. The Morgan fingerprint density at radius 2 is 2.12 bits per heavy atom. The number of hydrogen-bond donors (Lipinski definition) is 1. The zero-order chi connectivity index (χ0) is 12.0. The van der Waals surface area contributed by atoms with Crippen molar-refractivity contribution in [3.8, 4) is 0 Å². The lowest BCUT2D eigenvalue weighted by Crippen LogP contribution is -2.12. The Morgan fingerprint density at radius 1 is 1.44 bits per heavy atom. The van der Waals surface area contributed by atoms with Crippen LogP contribution in [0.4, 0.5) is 5.69 Å². The van der Waals surface area contributed by atoms with Gasteiger partial charge in [-0.15, -0.1) is 11.6 Å². The molecule has 0 fully saturated rings. The molecule has 0 aliphatic carbocycles. The molecule has 0 atom stereocenters. The average molecular weight is 243 g/mol. The van der Waals surface area contributed by atoms with Gasteiger partial charge >= 0.3 is 0 Å². The number of ether oxygens (including phenoxy) is 2. The number of aliphatic imine (C=N–C) groups is 1. The zero-order valence-corrected chi connectivity index (χ0v) is 10.1. The Bertz CT molecular complexity index is 365. The summed E-state index contributed by atoms with van der Waals surface area (Å²) >= 11 is 5.55. The SMILES string of the molecule is COC(OC)c1cccc(N=C(N)CCl)c1. The summed E-state index contributed by atoms with van der Waals surface area (Å²) in [7, 11) is 3.16. The third kappa shape index (κ3) is 3.48. The summed E-state index contributed by atoms with van der Waals surface area (Å²) in [4.78, 5) is 4.14. The Hall–Kier alpha value is -1.10. The first kappa shape index (κ1) is 13.0. The third-order valence-electron chi connectivity index (χ3n) is 1.98.